The summed E-state index contributed by atoms with van der Waals surface area (Å²) in [5, 5.41) is 0. The molecule has 0 saturated carbocycles. The van der Waals surface area contributed by atoms with E-state index in [1.54, 1.807) is 0 Å². The third kappa shape index (κ3) is 70.5. The zero-order valence-electron chi connectivity index (χ0n) is 6.26. The van der Waals surface area contributed by atoms with Gasteiger partial charge in [0, 0.05) is 0 Å². The van der Waals surface area contributed by atoms with Crippen molar-refractivity contribution >= 4 is 34.3 Å². The second kappa shape index (κ2) is 6.16. The molecule has 1 nitrogen and oxygen atoms in total. The quantitative estimate of drug-likeness (QED) is 0.424. The van der Waals surface area contributed by atoms with Crippen molar-refractivity contribution in [2.45, 2.75) is 0 Å². The smallest absolute Gasteiger partial charge is 1.00 e. The van der Waals surface area contributed by atoms with Crippen LogP contribution in [-0.4, -0.2) is 23.3 Å². The molecule has 0 heterocycles. The topological polar surface area (TPSA) is 20.2 Å². The summed E-state index contributed by atoms with van der Waals surface area (Å²) in [6, 6.07) is 0. The molecule has 0 spiro atoms. The first-order valence-electron chi connectivity index (χ1n) is 1.41. The van der Waals surface area contributed by atoms with Gasteiger partial charge in [0.15, 0.2) is 0 Å². The Morgan fingerprint density at radius 1 is 1.29 bits per heavy atom. The number of halogens is 1. The van der Waals surface area contributed by atoms with Crippen LogP contribution >= 0.6 is 34.3 Å². The summed E-state index contributed by atoms with van der Waals surface area (Å²) in [4.78, 5) is 0. The Labute approximate surface area is 87.6 Å². The first kappa shape index (κ1) is 16.0. The molecule has 0 saturated heterocycles. The van der Waals surface area contributed by atoms with Crippen molar-refractivity contribution in [3.05, 3.63) is 0 Å². The van der Waals surface area contributed by atoms with Crippen molar-refractivity contribution in [1.29, 1.82) is 0 Å². The summed E-state index contributed by atoms with van der Waals surface area (Å²) in [5.41, 5.74) is 0. The minimum Gasteiger partial charge on any atom is -1.00 e. The van der Waals surface area contributed by atoms with Crippen LogP contribution < -0.4 is 29.6 Å². The van der Waals surface area contributed by atoms with Crippen molar-refractivity contribution in [3.63, 3.8) is 0 Å². The van der Waals surface area contributed by atoms with Crippen molar-refractivity contribution in [2.75, 3.05) is 18.8 Å². The van der Waals surface area contributed by atoms with E-state index < -0.39 is 10.3 Å². The molecule has 0 unspecified atom stereocenters. The summed E-state index contributed by atoms with van der Waals surface area (Å²) in [6.07, 6.45) is 5.48. The van der Waals surface area contributed by atoms with Gasteiger partial charge in [-0.25, -0.2) is 0 Å². The SMILES string of the molecule is CS(C)(C)O.I.[H-].[Na+]. The van der Waals surface area contributed by atoms with Crippen LogP contribution in [0, 0.1) is 0 Å². The van der Waals surface area contributed by atoms with Gasteiger partial charge in [0.2, 0.25) is 0 Å². The van der Waals surface area contributed by atoms with Crippen LogP contribution in [0.5, 0.6) is 0 Å². The molecule has 0 aliphatic heterocycles. The largest absolute Gasteiger partial charge is 1.00 e. The van der Waals surface area contributed by atoms with Gasteiger partial charge in [-0.15, -0.1) is 34.3 Å². The van der Waals surface area contributed by atoms with Crippen LogP contribution in [-0.2, 0) is 0 Å². The van der Waals surface area contributed by atoms with Gasteiger partial charge in [0.05, 0.1) is 0 Å². The van der Waals surface area contributed by atoms with E-state index in [4.69, 9.17) is 4.55 Å². The van der Waals surface area contributed by atoms with E-state index in [-0.39, 0.29) is 55.0 Å². The molecule has 0 aromatic rings. The van der Waals surface area contributed by atoms with E-state index in [0.717, 1.165) is 0 Å². The Kier molecular flexibility index (Phi) is 14.1. The summed E-state index contributed by atoms with van der Waals surface area (Å²) in [5.74, 6) is 0. The zero-order valence-corrected chi connectivity index (χ0v) is 10.4. The maximum absolute atomic E-state index is 8.60. The second-order valence-electron chi connectivity index (χ2n) is 1.77. The molecule has 4 heteroatoms. The van der Waals surface area contributed by atoms with Gasteiger partial charge in [-0.3, -0.25) is 0 Å². The van der Waals surface area contributed by atoms with Gasteiger partial charge in [0.1, 0.15) is 0 Å². The molecule has 44 valence electrons. The first-order chi connectivity index (χ1) is 2.00. The molecule has 0 bridgehead atoms. The van der Waals surface area contributed by atoms with E-state index in [2.05, 4.69) is 0 Å². The van der Waals surface area contributed by atoms with Crippen molar-refractivity contribution < 1.29 is 35.5 Å². The molecule has 0 aromatic heterocycles. The Balaban J connectivity index is -0.0000000267. The fraction of sp³-hybridized carbons (Fsp3) is 1.00. The molecule has 0 rings (SSSR count). The van der Waals surface area contributed by atoms with Gasteiger partial charge in [0.25, 0.3) is 0 Å². The van der Waals surface area contributed by atoms with E-state index in [9.17, 15) is 0 Å². The van der Waals surface area contributed by atoms with Gasteiger partial charge < -0.3 is 5.98 Å². The fourth-order valence-corrected chi connectivity index (χ4v) is 0. The van der Waals surface area contributed by atoms with E-state index in [1.165, 1.54) is 0 Å². The Morgan fingerprint density at radius 3 is 1.29 bits per heavy atom. The maximum atomic E-state index is 8.60. The van der Waals surface area contributed by atoms with E-state index in [1.807, 2.05) is 18.8 Å². The van der Waals surface area contributed by atoms with Crippen LogP contribution in [0.15, 0.2) is 0 Å². The standard InChI is InChI=1S/C3H10OS.HI.Na.H/c1-5(2,3)4;;;/h4H,1-3H3;1H;;/q;;+1;-1. The van der Waals surface area contributed by atoms with Crippen molar-refractivity contribution in [2.24, 2.45) is 0 Å². The predicted molar refractivity (Wildman–Crippen MR) is 44.5 cm³/mol. The molecule has 0 aliphatic carbocycles. The van der Waals surface area contributed by atoms with Crippen molar-refractivity contribution in [3.8, 4) is 0 Å². The van der Waals surface area contributed by atoms with Crippen LogP contribution in [0.2, 0.25) is 0 Å². The summed E-state index contributed by atoms with van der Waals surface area (Å²) in [7, 11) is -1.17. The van der Waals surface area contributed by atoms with Crippen LogP contribution in [0.3, 0.4) is 0 Å². The molecule has 0 aliphatic rings. The minimum absolute atomic E-state index is 0. The van der Waals surface area contributed by atoms with Gasteiger partial charge in [-0.2, -0.15) is 0 Å². The fourth-order valence-electron chi connectivity index (χ4n) is 0. The Hall–Kier alpha value is 2.04. The molecule has 0 fully saturated rings. The summed E-state index contributed by atoms with van der Waals surface area (Å²) in [6.45, 7) is 0. The van der Waals surface area contributed by atoms with E-state index >= 15 is 0 Å². The number of hydrogen-bond acceptors (Lipinski definition) is 1. The Morgan fingerprint density at radius 2 is 1.29 bits per heavy atom. The van der Waals surface area contributed by atoms with Gasteiger partial charge >= 0.3 is 29.6 Å². The minimum atomic E-state index is -1.17. The second-order valence-corrected chi connectivity index (χ2v) is 5.32. The molecule has 0 amide bonds. The molecular formula is C3H12INaOS. The molecule has 1 N–H and O–H groups in total. The third-order valence-electron chi connectivity index (χ3n) is 0. The number of hydrogen-bond donors (Lipinski definition) is 1. The van der Waals surface area contributed by atoms with Gasteiger partial charge in [-0.1, -0.05) is 0 Å². The summed E-state index contributed by atoms with van der Waals surface area (Å²) < 4.78 is 8.60. The molecule has 0 aromatic carbocycles. The molecule has 0 radical (unpaired) electrons. The zero-order chi connectivity index (χ0) is 4.50. The monoisotopic (exact) mass is 246 g/mol. The molecule has 7 heavy (non-hydrogen) atoms. The predicted octanol–water partition coefficient (Wildman–Crippen LogP) is -1.11. The third-order valence-corrected chi connectivity index (χ3v) is 0. The average Bonchev–Trinajstić information content (AvgIpc) is 0.722. The van der Waals surface area contributed by atoms with Crippen LogP contribution in [0.4, 0.5) is 0 Å². The molecular weight excluding hydrogens is 234 g/mol. The average molecular weight is 246 g/mol. The Bertz CT molecular complexity index is 34.8. The first-order valence-corrected chi connectivity index (χ1v) is 4.22. The van der Waals surface area contributed by atoms with Crippen molar-refractivity contribution in [1.82, 2.24) is 0 Å². The van der Waals surface area contributed by atoms with E-state index in [0.29, 0.717) is 0 Å². The normalized spacial score (nSPS) is 10.9. The maximum Gasteiger partial charge on any atom is 1.00 e. The molecule has 0 atom stereocenters. The number of rotatable bonds is 0. The van der Waals surface area contributed by atoms with Crippen LogP contribution in [0.1, 0.15) is 1.43 Å². The summed E-state index contributed by atoms with van der Waals surface area (Å²) >= 11 is 0. The van der Waals surface area contributed by atoms with Gasteiger partial charge in [-0.05, 0) is 18.8 Å². The van der Waals surface area contributed by atoms with Crippen LogP contribution in [0.25, 0.3) is 0 Å².